The number of hydrogen-bond acceptors (Lipinski definition) is 4. The fourth-order valence-electron chi connectivity index (χ4n) is 1.33. The van der Waals surface area contributed by atoms with Crippen molar-refractivity contribution in [3.8, 4) is 0 Å². The van der Waals surface area contributed by atoms with E-state index in [1.165, 1.54) is 4.88 Å². The summed E-state index contributed by atoms with van der Waals surface area (Å²) >= 11 is 1.71. The molecule has 0 saturated heterocycles. The first kappa shape index (κ1) is 11.0. The van der Waals surface area contributed by atoms with E-state index in [4.69, 9.17) is 0 Å². The van der Waals surface area contributed by atoms with E-state index in [1.807, 2.05) is 43.4 Å². The first-order valence-corrected chi connectivity index (χ1v) is 5.98. The normalized spacial score (nSPS) is 10.1. The molecule has 2 rings (SSSR count). The Morgan fingerprint density at radius 2 is 2.00 bits per heavy atom. The Labute approximate surface area is 99.8 Å². The molecular formula is C12H15N3S. The lowest BCUT2D eigenvalue weighted by atomic mass is 10.3. The number of nitrogens with zero attached hydrogens (tertiary/aromatic N) is 2. The van der Waals surface area contributed by atoms with Crippen molar-refractivity contribution in [3.05, 3.63) is 41.4 Å². The number of nitrogens with one attached hydrogen (secondary N) is 1. The molecular weight excluding hydrogens is 218 g/mol. The number of para-hydroxylation sites is 1. The largest absolute Gasteiger partial charge is 0.380 e. The lowest BCUT2D eigenvalue weighted by molar-refractivity contribution is 1.10. The van der Waals surface area contributed by atoms with Crippen molar-refractivity contribution < 1.29 is 0 Å². The van der Waals surface area contributed by atoms with E-state index in [9.17, 15) is 0 Å². The van der Waals surface area contributed by atoms with Crippen molar-refractivity contribution in [2.75, 3.05) is 24.3 Å². The van der Waals surface area contributed by atoms with Gasteiger partial charge in [-0.25, -0.2) is 4.98 Å². The van der Waals surface area contributed by atoms with Gasteiger partial charge in [0.15, 0.2) is 5.13 Å². The van der Waals surface area contributed by atoms with E-state index in [-0.39, 0.29) is 0 Å². The molecule has 2 aromatic rings. The summed E-state index contributed by atoms with van der Waals surface area (Å²) in [5.41, 5.74) is 1.14. The van der Waals surface area contributed by atoms with Gasteiger partial charge in [0.1, 0.15) is 0 Å². The monoisotopic (exact) mass is 233 g/mol. The quantitative estimate of drug-likeness (QED) is 0.880. The summed E-state index contributed by atoms with van der Waals surface area (Å²) in [6.07, 6.45) is 1.93. The molecule has 0 atom stereocenters. The van der Waals surface area contributed by atoms with Crippen LogP contribution in [0.25, 0.3) is 0 Å². The zero-order valence-corrected chi connectivity index (χ0v) is 10.3. The fraction of sp³-hybridized carbons (Fsp3) is 0.250. The SMILES string of the molecule is CN(C)c1ncc(CNc2ccccc2)s1. The molecule has 1 aromatic heterocycles. The van der Waals surface area contributed by atoms with Crippen LogP contribution in [0.2, 0.25) is 0 Å². The first-order valence-electron chi connectivity index (χ1n) is 5.16. The predicted molar refractivity (Wildman–Crippen MR) is 70.2 cm³/mol. The summed E-state index contributed by atoms with van der Waals surface area (Å²) in [5, 5.41) is 4.41. The van der Waals surface area contributed by atoms with Gasteiger partial charge in [0.25, 0.3) is 0 Å². The molecule has 84 valence electrons. The van der Waals surface area contributed by atoms with Gasteiger partial charge in [0, 0.05) is 30.9 Å². The molecule has 0 fully saturated rings. The maximum atomic E-state index is 4.33. The third kappa shape index (κ3) is 2.73. The Balaban J connectivity index is 1.95. The average molecular weight is 233 g/mol. The molecule has 16 heavy (non-hydrogen) atoms. The summed E-state index contributed by atoms with van der Waals surface area (Å²) in [7, 11) is 4.01. The second kappa shape index (κ2) is 4.99. The highest BCUT2D eigenvalue weighted by Gasteiger charge is 2.02. The highest BCUT2D eigenvalue weighted by atomic mass is 32.1. The summed E-state index contributed by atoms with van der Waals surface area (Å²) in [6, 6.07) is 10.2. The molecule has 0 saturated carbocycles. The van der Waals surface area contributed by atoms with Crippen molar-refractivity contribution >= 4 is 22.2 Å². The molecule has 0 unspecified atom stereocenters. The van der Waals surface area contributed by atoms with Gasteiger partial charge in [-0.15, -0.1) is 11.3 Å². The van der Waals surface area contributed by atoms with Gasteiger partial charge in [0.05, 0.1) is 6.54 Å². The molecule has 0 amide bonds. The summed E-state index contributed by atoms with van der Waals surface area (Å²) in [4.78, 5) is 7.60. The van der Waals surface area contributed by atoms with E-state index in [0.29, 0.717) is 0 Å². The molecule has 0 radical (unpaired) electrons. The summed E-state index contributed by atoms with van der Waals surface area (Å²) in [5.74, 6) is 0. The van der Waals surface area contributed by atoms with Gasteiger partial charge in [-0.05, 0) is 12.1 Å². The topological polar surface area (TPSA) is 28.2 Å². The van der Waals surface area contributed by atoms with E-state index in [0.717, 1.165) is 17.4 Å². The molecule has 0 aliphatic carbocycles. The Morgan fingerprint density at radius 1 is 1.25 bits per heavy atom. The van der Waals surface area contributed by atoms with Crippen LogP contribution in [-0.2, 0) is 6.54 Å². The van der Waals surface area contributed by atoms with E-state index in [2.05, 4.69) is 22.4 Å². The van der Waals surface area contributed by atoms with Crippen LogP contribution in [-0.4, -0.2) is 19.1 Å². The van der Waals surface area contributed by atoms with Gasteiger partial charge in [-0.1, -0.05) is 18.2 Å². The maximum absolute atomic E-state index is 4.33. The molecule has 0 aliphatic rings. The Morgan fingerprint density at radius 3 is 2.62 bits per heavy atom. The molecule has 1 N–H and O–H groups in total. The lowest BCUT2D eigenvalue weighted by Gasteiger charge is -2.06. The Bertz CT molecular complexity index is 437. The Hall–Kier alpha value is -1.55. The number of benzene rings is 1. The average Bonchev–Trinajstić information content (AvgIpc) is 2.76. The van der Waals surface area contributed by atoms with Gasteiger partial charge >= 0.3 is 0 Å². The van der Waals surface area contributed by atoms with Crippen molar-refractivity contribution in [1.29, 1.82) is 0 Å². The summed E-state index contributed by atoms with van der Waals surface area (Å²) < 4.78 is 0. The third-order valence-corrected chi connectivity index (χ3v) is 3.33. The predicted octanol–water partition coefficient (Wildman–Crippen LogP) is 2.82. The van der Waals surface area contributed by atoms with Crippen LogP contribution in [0.1, 0.15) is 4.88 Å². The minimum Gasteiger partial charge on any atom is -0.380 e. The molecule has 1 heterocycles. The van der Waals surface area contributed by atoms with Crippen LogP contribution in [0.15, 0.2) is 36.5 Å². The fourth-order valence-corrected chi connectivity index (χ4v) is 2.10. The van der Waals surface area contributed by atoms with Crippen LogP contribution in [0.4, 0.5) is 10.8 Å². The van der Waals surface area contributed by atoms with Gasteiger partial charge < -0.3 is 10.2 Å². The Kier molecular flexibility index (Phi) is 3.41. The number of hydrogen-bond donors (Lipinski definition) is 1. The molecule has 4 heteroatoms. The summed E-state index contributed by atoms with van der Waals surface area (Å²) in [6.45, 7) is 0.829. The highest BCUT2D eigenvalue weighted by molar-refractivity contribution is 7.15. The highest BCUT2D eigenvalue weighted by Crippen LogP contribution is 2.21. The van der Waals surface area contributed by atoms with Gasteiger partial charge in [-0.2, -0.15) is 0 Å². The standard InChI is InChI=1S/C12H15N3S/c1-15(2)12-14-9-11(16-12)8-13-10-6-4-3-5-7-10/h3-7,9,13H,8H2,1-2H3. The van der Waals surface area contributed by atoms with Crippen LogP contribution in [0.5, 0.6) is 0 Å². The van der Waals surface area contributed by atoms with Crippen molar-refractivity contribution in [2.45, 2.75) is 6.54 Å². The third-order valence-electron chi connectivity index (χ3n) is 2.16. The molecule has 0 spiro atoms. The zero-order chi connectivity index (χ0) is 11.4. The van der Waals surface area contributed by atoms with Crippen LogP contribution >= 0.6 is 11.3 Å². The van der Waals surface area contributed by atoms with E-state index >= 15 is 0 Å². The molecule has 0 bridgehead atoms. The van der Waals surface area contributed by atoms with Gasteiger partial charge in [-0.3, -0.25) is 0 Å². The van der Waals surface area contributed by atoms with Crippen molar-refractivity contribution in [3.63, 3.8) is 0 Å². The smallest absolute Gasteiger partial charge is 0.185 e. The van der Waals surface area contributed by atoms with Crippen LogP contribution in [0, 0.1) is 0 Å². The number of aromatic nitrogens is 1. The minimum absolute atomic E-state index is 0.829. The molecule has 0 aliphatic heterocycles. The molecule has 1 aromatic carbocycles. The molecule has 3 nitrogen and oxygen atoms in total. The zero-order valence-electron chi connectivity index (χ0n) is 9.47. The lowest BCUT2D eigenvalue weighted by Crippen LogP contribution is -2.07. The maximum Gasteiger partial charge on any atom is 0.185 e. The van der Waals surface area contributed by atoms with E-state index in [1.54, 1.807) is 11.3 Å². The second-order valence-corrected chi connectivity index (χ2v) is 4.82. The second-order valence-electron chi connectivity index (χ2n) is 3.72. The van der Waals surface area contributed by atoms with Crippen molar-refractivity contribution in [1.82, 2.24) is 4.98 Å². The van der Waals surface area contributed by atoms with Crippen LogP contribution in [0.3, 0.4) is 0 Å². The van der Waals surface area contributed by atoms with Crippen LogP contribution < -0.4 is 10.2 Å². The van der Waals surface area contributed by atoms with Crippen molar-refractivity contribution in [2.24, 2.45) is 0 Å². The number of anilines is 2. The van der Waals surface area contributed by atoms with E-state index < -0.39 is 0 Å². The number of thiazole rings is 1. The first-order chi connectivity index (χ1) is 7.75. The van der Waals surface area contributed by atoms with Gasteiger partial charge in [0.2, 0.25) is 0 Å². The minimum atomic E-state index is 0.829. The number of rotatable bonds is 4.